The molecule has 1 atom stereocenters. The zero-order chi connectivity index (χ0) is 20.5. The van der Waals surface area contributed by atoms with Crippen molar-refractivity contribution in [1.29, 1.82) is 0 Å². The molecule has 5 nitrogen and oxygen atoms in total. The number of benzene rings is 2. The number of aryl methyl sites for hydroxylation is 3. The third-order valence-electron chi connectivity index (χ3n) is 5.68. The number of nitrogens with two attached hydrogens (primary N) is 1. The predicted octanol–water partition coefficient (Wildman–Crippen LogP) is 5.63. The Bertz CT molecular complexity index is 1020. The van der Waals surface area contributed by atoms with Gasteiger partial charge in [0.2, 0.25) is 0 Å². The van der Waals surface area contributed by atoms with E-state index in [9.17, 15) is 0 Å². The van der Waals surface area contributed by atoms with Gasteiger partial charge in [0.05, 0.1) is 17.7 Å². The van der Waals surface area contributed by atoms with Crippen molar-refractivity contribution in [3.8, 4) is 5.75 Å². The molecule has 5 heteroatoms. The first-order valence-corrected chi connectivity index (χ1v) is 10.5. The number of nitrogen functional groups attached to an aromatic ring is 1. The zero-order valence-electron chi connectivity index (χ0n) is 17.7. The van der Waals surface area contributed by atoms with Gasteiger partial charge in [0, 0.05) is 11.1 Å². The quantitative estimate of drug-likeness (QED) is 0.552. The van der Waals surface area contributed by atoms with E-state index in [4.69, 9.17) is 15.5 Å². The highest BCUT2D eigenvalue weighted by Gasteiger charge is 2.19. The highest BCUT2D eigenvalue weighted by molar-refractivity contribution is 5.91. The van der Waals surface area contributed by atoms with Gasteiger partial charge in [-0.15, -0.1) is 0 Å². The molecule has 0 saturated heterocycles. The molecule has 0 aliphatic heterocycles. The van der Waals surface area contributed by atoms with Gasteiger partial charge in [-0.1, -0.05) is 6.07 Å². The number of ether oxygens (including phenoxy) is 1. The van der Waals surface area contributed by atoms with Gasteiger partial charge in [-0.2, -0.15) is 0 Å². The summed E-state index contributed by atoms with van der Waals surface area (Å²) in [6.45, 7) is 8.21. The van der Waals surface area contributed by atoms with Crippen LogP contribution in [0.5, 0.6) is 5.75 Å². The summed E-state index contributed by atoms with van der Waals surface area (Å²) in [5.41, 5.74) is 11.2. The number of aromatic nitrogens is 2. The summed E-state index contributed by atoms with van der Waals surface area (Å²) >= 11 is 0. The van der Waals surface area contributed by atoms with E-state index in [0.29, 0.717) is 6.10 Å². The molecule has 1 aliphatic rings. The number of rotatable bonds is 5. The largest absolute Gasteiger partial charge is 0.490 e. The topological polar surface area (TPSA) is 73.1 Å². The number of hydrogen-bond acceptors (Lipinski definition) is 5. The molecule has 29 heavy (non-hydrogen) atoms. The van der Waals surface area contributed by atoms with Gasteiger partial charge in [0.15, 0.2) is 0 Å². The number of nitrogens with zero attached hydrogens (tertiary/aromatic N) is 2. The fraction of sp³-hybridized carbons (Fsp3) is 0.417. The first-order valence-electron chi connectivity index (χ1n) is 10.5. The van der Waals surface area contributed by atoms with Crippen LogP contribution in [-0.2, 0) is 0 Å². The molecule has 0 radical (unpaired) electrons. The number of anilines is 2. The van der Waals surface area contributed by atoms with Gasteiger partial charge in [-0.25, -0.2) is 9.97 Å². The second-order valence-electron chi connectivity index (χ2n) is 8.32. The van der Waals surface area contributed by atoms with Gasteiger partial charge in [0.1, 0.15) is 17.4 Å². The van der Waals surface area contributed by atoms with Crippen molar-refractivity contribution in [2.24, 2.45) is 0 Å². The Morgan fingerprint density at radius 2 is 1.79 bits per heavy atom. The lowest BCUT2D eigenvalue weighted by atomic mass is 10.0. The molecule has 2 aromatic carbocycles. The lowest BCUT2D eigenvalue weighted by Gasteiger charge is -2.20. The molecule has 0 spiro atoms. The molecule has 1 aromatic heterocycles. The fourth-order valence-electron chi connectivity index (χ4n) is 4.18. The number of nitrogens with one attached hydrogen (secondary N) is 1. The summed E-state index contributed by atoms with van der Waals surface area (Å²) in [5.74, 6) is 2.52. The van der Waals surface area contributed by atoms with Gasteiger partial charge >= 0.3 is 0 Å². The van der Waals surface area contributed by atoms with E-state index in [1.165, 1.54) is 12.8 Å². The van der Waals surface area contributed by atoms with Crippen molar-refractivity contribution in [3.63, 3.8) is 0 Å². The van der Waals surface area contributed by atoms with Crippen LogP contribution in [0.15, 0.2) is 30.3 Å². The van der Waals surface area contributed by atoms with E-state index < -0.39 is 0 Å². The van der Waals surface area contributed by atoms with E-state index >= 15 is 0 Å². The minimum absolute atomic E-state index is 0.0650. The third-order valence-corrected chi connectivity index (χ3v) is 5.68. The SMILES string of the molecule is Cc1cc(N)cc([C@@H](C)Nc2nc(C)nc3cc(C)c(OC4CCCC4)cc23)c1. The van der Waals surface area contributed by atoms with Crippen LogP contribution in [0.25, 0.3) is 10.9 Å². The van der Waals surface area contributed by atoms with Crippen LogP contribution in [0.2, 0.25) is 0 Å². The van der Waals surface area contributed by atoms with E-state index in [0.717, 1.165) is 63.5 Å². The van der Waals surface area contributed by atoms with Crippen LogP contribution >= 0.6 is 0 Å². The van der Waals surface area contributed by atoms with Gasteiger partial charge in [-0.3, -0.25) is 0 Å². The van der Waals surface area contributed by atoms with Crippen molar-refractivity contribution >= 4 is 22.4 Å². The van der Waals surface area contributed by atoms with Crippen LogP contribution in [0.1, 0.15) is 61.2 Å². The highest BCUT2D eigenvalue weighted by Crippen LogP contribution is 2.33. The number of hydrogen-bond donors (Lipinski definition) is 2. The normalized spacial score (nSPS) is 15.6. The molecule has 152 valence electrons. The fourth-order valence-corrected chi connectivity index (χ4v) is 4.18. The Kier molecular flexibility index (Phi) is 5.31. The zero-order valence-corrected chi connectivity index (χ0v) is 17.7. The standard InChI is InChI=1S/C24H30N4O/c1-14-9-18(12-19(25)10-14)16(3)26-24-21-13-23(29-20-7-5-6-8-20)15(2)11-22(21)27-17(4)28-24/h9-13,16,20H,5-8,25H2,1-4H3,(H,26,27,28)/t16-/m1/s1. The molecule has 1 aliphatic carbocycles. The molecule has 0 bridgehead atoms. The van der Waals surface area contributed by atoms with E-state index in [1.807, 2.05) is 19.1 Å². The molecule has 3 aromatic rings. The van der Waals surface area contributed by atoms with Crippen molar-refractivity contribution < 1.29 is 4.74 Å². The molecular formula is C24H30N4O. The van der Waals surface area contributed by atoms with Crippen molar-refractivity contribution in [3.05, 3.63) is 52.8 Å². The van der Waals surface area contributed by atoms with E-state index in [-0.39, 0.29) is 6.04 Å². The minimum atomic E-state index is 0.0650. The Morgan fingerprint density at radius 1 is 1.03 bits per heavy atom. The molecule has 0 amide bonds. The van der Waals surface area contributed by atoms with Crippen LogP contribution in [0.4, 0.5) is 11.5 Å². The lowest BCUT2D eigenvalue weighted by molar-refractivity contribution is 0.209. The van der Waals surface area contributed by atoms with Gasteiger partial charge in [-0.05, 0) is 94.3 Å². The average Bonchev–Trinajstić information content (AvgIpc) is 3.15. The van der Waals surface area contributed by atoms with E-state index in [2.05, 4.69) is 49.3 Å². The first kappa shape index (κ1) is 19.5. The first-order chi connectivity index (χ1) is 13.9. The Balaban J connectivity index is 1.70. The average molecular weight is 391 g/mol. The molecule has 1 heterocycles. The molecule has 3 N–H and O–H groups in total. The van der Waals surface area contributed by atoms with Crippen molar-refractivity contribution in [2.75, 3.05) is 11.1 Å². The Hall–Kier alpha value is -2.82. The monoisotopic (exact) mass is 390 g/mol. The van der Waals surface area contributed by atoms with Crippen LogP contribution in [0.3, 0.4) is 0 Å². The van der Waals surface area contributed by atoms with Crippen LogP contribution in [0, 0.1) is 20.8 Å². The second-order valence-corrected chi connectivity index (χ2v) is 8.32. The molecule has 1 saturated carbocycles. The van der Waals surface area contributed by atoms with Gasteiger partial charge in [0.25, 0.3) is 0 Å². The van der Waals surface area contributed by atoms with Crippen LogP contribution < -0.4 is 15.8 Å². The van der Waals surface area contributed by atoms with Gasteiger partial charge < -0.3 is 15.8 Å². The molecule has 1 fully saturated rings. The predicted molar refractivity (Wildman–Crippen MR) is 120 cm³/mol. The van der Waals surface area contributed by atoms with Crippen LogP contribution in [-0.4, -0.2) is 16.1 Å². The molecular weight excluding hydrogens is 360 g/mol. The summed E-state index contributed by atoms with van der Waals surface area (Å²) < 4.78 is 6.32. The Morgan fingerprint density at radius 3 is 2.52 bits per heavy atom. The summed E-state index contributed by atoms with van der Waals surface area (Å²) in [6.07, 6.45) is 5.10. The number of fused-ring (bicyclic) bond motifs is 1. The maximum Gasteiger partial charge on any atom is 0.138 e. The minimum Gasteiger partial charge on any atom is -0.490 e. The summed E-state index contributed by atoms with van der Waals surface area (Å²) in [7, 11) is 0. The van der Waals surface area contributed by atoms with Crippen molar-refractivity contribution in [2.45, 2.75) is 65.5 Å². The maximum absolute atomic E-state index is 6.32. The smallest absolute Gasteiger partial charge is 0.138 e. The highest BCUT2D eigenvalue weighted by atomic mass is 16.5. The second kappa shape index (κ2) is 7.90. The molecule has 0 unspecified atom stereocenters. The summed E-state index contributed by atoms with van der Waals surface area (Å²) in [5, 5.41) is 4.56. The maximum atomic E-state index is 6.32. The van der Waals surface area contributed by atoms with Crippen molar-refractivity contribution in [1.82, 2.24) is 9.97 Å². The molecule has 4 rings (SSSR count). The summed E-state index contributed by atoms with van der Waals surface area (Å²) in [6, 6.07) is 10.4. The summed E-state index contributed by atoms with van der Waals surface area (Å²) in [4.78, 5) is 9.36. The third kappa shape index (κ3) is 4.29. The van der Waals surface area contributed by atoms with E-state index in [1.54, 1.807) is 0 Å². The lowest BCUT2D eigenvalue weighted by Crippen LogP contribution is -2.13. The Labute approximate surface area is 172 Å².